The molecule has 1 atom stereocenters. The molecule has 10 heteroatoms. The monoisotopic (exact) mass is 370 g/mol. The Morgan fingerprint density at radius 3 is 2.92 bits per heavy atom. The molecule has 4 heterocycles. The van der Waals surface area contributed by atoms with Crippen molar-refractivity contribution in [1.29, 1.82) is 0 Å². The normalized spacial score (nSPS) is 17.3. The van der Waals surface area contributed by atoms with Crippen LogP contribution in [0, 0.1) is 12.8 Å². The van der Waals surface area contributed by atoms with E-state index in [1.165, 1.54) is 24.0 Å². The number of hydrogen-bond donors (Lipinski definition) is 1. The fourth-order valence-electron chi connectivity index (χ4n) is 2.98. The number of thiazole rings is 1. The van der Waals surface area contributed by atoms with Gasteiger partial charge in [-0.15, -0.1) is 11.3 Å². The second-order valence-electron chi connectivity index (χ2n) is 6.12. The average molecular weight is 370 g/mol. The molecule has 1 aliphatic heterocycles. The van der Waals surface area contributed by atoms with E-state index in [-0.39, 0.29) is 11.8 Å². The van der Waals surface area contributed by atoms with Gasteiger partial charge in [-0.25, -0.2) is 24.6 Å². The van der Waals surface area contributed by atoms with Gasteiger partial charge in [-0.2, -0.15) is 5.10 Å². The lowest BCUT2D eigenvalue weighted by Crippen LogP contribution is -2.41. The van der Waals surface area contributed by atoms with Crippen molar-refractivity contribution in [1.82, 2.24) is 29.7 Å². The lowest BCUT2D eigenvalue weighted by molar-refractivity contribution is -0.120. The van der Waals surface area contributed by atoms with Crippen LogP contribution in [0.2, 0.25) is 0 Å². The van der Waals surface area contributed by atoms with Crippen molar-refractivity contribution in [2.75, 3.05) is 23.3 Å². The van der Waals surface area contributed by atoms with Crippen molar-refractivity contribution in [3.05, 3.63) is 36.1 Å². The predicted molar refractivity (Wildman–Crippen MR) is 97.4 cm³/mol. The van der Waals surface area contributed by atoms with E-state index in [0.717, 1.165) is 30.1 Å². The van der Waals surface area contributed by atoms with Crippen LogP contribution in [0.15, 0.2) is 31.2 Å². The number of nitrogens with zero attached hydrogens (tertiary/aromatic N) is 7. The van der Waals surface area contributed by atoms with Gasteiger partial charge in [-0.05, 0) is 19.8 Å². The van der Waals surface area contributed by atoms with Crippen molar-refractivity contribution in [2.45, 2.75) is 19.8 Å². The second-order valence-corrected chi connectivity index (χ2v) is 7.36. The molecule has 0 aliphatic carbocycles. The number of nitrogens with one attached hydrogen (secondary N) is 1. The number of carbonyl (C=O) groups excluding carboxylic acids is 1. The molecule has 0 saturated carbocycles. The summed E-state index contributed by atoms with van der Waals surface area (Å²) >= 11 is 1.48. The van der Waals surface area contributed by atoms with Crippen LogP contribution < -0.4 is 10.2 Å². The van der Waals surface area contributed by atoms with Crippen LogP contribution in [0.4, 0.5) is 10.9 Å². The van der Waals surface area contributed by atoms with E-state index in [1.807, 2.05) is 13.0 Å². The Hall–Kier alpha value is -2.88. The first-order chi connectivity index (χ1) is 12.7. The van der Waals surface area contributed by atoms with Gasteiger partial charge in [0.05, 0.1) is 5.92 Å². The van der Waals surface area contributed by atoms with Crippen LogP contribution in [0.5, 0.6) is 0 Å². The van der Waals surface area contributed by atoms with Gasteiger partial charge < -0.3 is 10.2 Å². The lowest BCUT2D eigenvalue weighted by Gasteiger charge is -2.32. The van der Waals surface area contributed by atoms with Crippen molar-refractivity contribution in [3.8, 4) is 5.82 Å². The molecule has 0 aromatic carbocycles. The van der Waals surface area contributed by atoms with E-state index in [2.05, 4.69) is 35.3 Å². The van der Waals surface area contributed by atoms with Crippen molar-refractivity contribution in [2.24, 2.45) is 5.92 Å². The summed E-state index contributed by atoms with van der Waals surface area (Å²) in [5.74, 6) is 1.35. The highest BCUT2D eigenvalue weighted by atomic mass is 32.1. The Morgan fingerprint density at radius 1 is 1.27 bits per heavy atom. The number of aromatic nitrogens is 6. The molecule has 1 unspecified atom stereocenters. The molecule has 1 fully saturated rings. The number of amides is 1. The highest BCUT2D eigenvalue weighted by Gasteiger charge is 2.27. The minimum absolute atomic E-state index is 0.00889. The molecule has 3 aromatic rings. The number of piperidine rings is 1. The van der Waals surface area contributed by atoms with Gasteiger partial charge in [0.2, 0.25) is 5.91 Å². The Bertz CT molecular complexity index is 893. The Labute approximate surface area is 154 Å². The Morgan fingerprint density at radius 2 is 2.15 bits per heavy atom. The highest BCUT2D eigenvalue weighted by Crippen LogP contribution is 2.24. The summed E-state index contributed by atoms with van der Waals surface area (Å²) in [6.07, 6.45) is 8.11. The average Bonchev–Trinajstić information content (AvgIpc) is 3.34. The van der Waals surface area contributed by atoms with Crippen LogP contribution in [0.25, 0.3) is 5.82 Å². The number of carbonyl (C=O) groups is 1. The summed E-state index contributed by atoms with van der Waals surface area (Å²) in [5, 5.41) is 7.67. The third-order valence-corrected chi connectivity index (χ3v) is 5.09. The van der Waals surface area contributed by atoms with Gasteiger partial charge in [0.1, 0.15) is 24.8 Å². The number of hydrogen-bond acceptors (Lipinski definition) is 8. The summed E-state index contributed by atoms with van der Waals surface area (Å²) in [7, 11) is 0. The van der Waals surface area contributed by atoms with E-state index < -0.39 is 0 Å². The summed E-state index contributed by atoms with van der Waals surface area (Å²) in [6, 6.07) is 1.86. The van der Waals surface area contributed by atoms with Crippen molar-refractivity contribution in [3.63, 3.8) is 0 Å². The molecule has 0 spiro atoms. The van der Waals surface area contributed by atoms with Crippen molar-refractivity contribution >= 4 is 28.2 Å². The molecular weight excluding hydrogens is 352 g/mol. The number of aryl methyl sites for hydroxylation is 1. The zero-order valence-electron chi connectivity index (χ0n) is 14.2. The van der Waals surface area contributed by atoms with Gasteiger partial charge in [0.25, 0.3) is 0 Å². The molecule has 9 nitrogen and oxygen atoms in total. The van der Waals surface area contributed by atoms with Gasteiger partial charge in [0.15, 0.2) is 10.9 Å². The zero-order valence-corrected chi connectivity index (χ0v) is 15.1. The molecule has 0 bridgehead atoms. The first-order valence-corrected chi connectivity index (χ1v) is 9.16. The summed E-state index contributed by atoms with van der Waals surface area (Å²) in [6.45, 7) is 3.44. The molecule has 1 aliphatic rings. The summed E-state index contributed by atoms with van der Waals surface area (Å²) < 4.78 is 1.59. The fraction of sp³-hybridized carbons (Fsp3) is 0.375. The maximum Gasteiger partial charge on any atom is 0.231 e. The quantitative estimate of drug-likeness (QED) is 0.745. The minimum atomic E-state index is -0.0993. The molecule has 4 rings (SSSR count). The van der Waals surface area contributed by atoms with E-state index in [0.29, 0.717) is 17.5 Å². The van der Waals surface area contributed by atoms with Crippen molar-refractivity contribution < 1.29 is 4.79 Å². The van der Waals surface area contributed by atoms with Gasteiger partial charge in [-0.1, -0.05) is 0 Å². The molecule has 1 saturated heterocycles. The van der Waals surface area contributed by atoms with E-state index >= 15 is 0 Å². The Balaban J connectivity index is 1.46. The van der Waals surface area contributed by atoms with Crippen LogP contribution in [-0.2, 0) is 4.79 Å². The smallest absolute Gasteiger partial charge is 0.231 e. The fourth-order valence-corrected chi connectivity index (χ4v) is 3.65. The molecular formula is C16H18N8OS. The SMILES string of the molecule is Cc1cnc(NC(=O)C2CCCN(c3cc(-n4cncn4)ncn3)C2)s1. The van der Waals surface area contributed by atoms with Gasteiger partial charge in [0, 0.05) is 30.2 Å². The highest BCUT2D eigenvalue weighted by molar-refractivity contribution is 7.15. The van der Waals surface area contributed by atoms with E-state index in [4.69, 9.17) is 0 Å². The third-order valence-electron chi connectivity index (χ3n) is 4.26. The summed E-state index contributed by atoms with van der Waals surface area (Å²) in [4.78, 5) is 32.5. The maximum atomic E-state index is 12.6. The molecule has 1 N–H and O–H groups in total. The molecule has 134 valence electrons. The van der Waals surface area contributed by atoms with Gasteiger partial charge in [-0.3, -0.25) is 4.79 Å². The van der Waals surface area contributed by atoms with Crippen LogP contribution in [-0.4, -0.2) is 48.7 Å². The molecule has 3 aromatic heterocycles. The Kier molecular flexibility index (Phi) is 4.57. The second kappa shape index (κ2) is 7.16. The predicted octanol–water partition coefficient (Wildman–Crippen LogP) is 1.68. The third kappa shape index (κ3) is 3.54. The van der Waals surface area contributed by atoms with Crippen LogP contribution >= 0.6 is 11.3 Å². The van der Waals surface area contributed by atoms with Crippen LogP contribution in [0.1, 0.15) is 17.7 Å². The van der Waals surface area contributed by atoms with Crippen LogP contribution in [0.3, 0.4) is 0 Å². The molecule has 26 heavy (non-hydrogen) atoms. The zero-order chi connectivity index (χ0) is 17.9. The lowest BCUT2D eigenvalue weighted by atomic mass is 9.97. The molecule has 1 amide bonds. The van der Waals surface area contributed by atoms with E-state index in [1.54, 1.807) is 17.2 Å². The minimum Gasteiger partial charge on any atom is -0.356 e. The van der Waals surface area contributed by atoms with E-state index in [9.17, 15) is 4.79 Å². The van der Waals surface area contributed by atoms with Gasteiger partial charge >= 0.3 is 0 Å². The first kappa shape index (κ1) is 16.6. The number of anilines is 2. The summed E-state index contributed by atoms with van der Waals surface area (Å²) in [5.41, 5.74) is 0. The number of rotatable bonds is 4. The maximum absolute atomic E-state index is 12.6. The first-order valence-electron chi connectivity index (χ1n) is 8.34. The molecule has 0 radical (unpaired) electrons. The largest absolute Gasteiger partial charge is 0.356 e. The topological polar surface area (TPSA) is 102 Å². The standard InChI is InChI=1S/C16H18N8OS/c1-11-6-18-16(26-11)22-15(25)12-3-2-4-23(7-12)13-5-14(20-9-19-13)24-10-17-8-21-24/h5-6,8-10,12H,2-4,7H2,1H3,(H,18,22,25).